The largest absolute Gasteiger partial charge is 0.466 e. The average molecular weight is 384 g/mol. The molecule has 1 N–H and O–H groups in total. The van der Waals surface area contributed by atoms with E-state index in [1.807, 2.05) is 85.8 Å². The van der Waals surface area contributed by atoms with Gasteiger partial charge in [-0.25, -0.2) is 0 Å². The number of esters is 1. The fraction of sp³-hybridized carbons (Fsp3) is 0.200. The van der Waals surface area contributed by atoms with Crippen molar-refractivity contribution in [3.8, 4) is 0 Å². The first-order chi connectivity index (χ1) is 14.3. The van der Waals surface area contributed by atoms with Crippen LogP contribution in [-0.2, 0) is 9.53 Å². The molecule has 4 heteroatoms. The van der Waals surface area contributed by atoms with Crippen molar-refractivity contribution >= 4 is 17.4 Å². The van der Waals surface area contributed by atoms with Gasteiger partial charge in [0.15, 0.2) is 0 Å². The maximum Gasteiger partial charge on any atom is 0.310 e. The minimum atomic E-state index is -0.228. The van der Waals surface area contributed by atoms with Gasteiger partial charge in [-0.2, -0.15) is 5.10 Å². The number of benzene rings is 3. The summed E-state index contributed by atoms with van der Waals surface area (Å²) in [6.45, 7) is 2.22. The normalized spacial score (nSPS) is 20.7. The Kier molecular flexibility index (Phi) is 5.71. The van der Waals surface area contributed by atoms with E-state index in [0.29, 0.717) is 6.61 Å². The molecule has 4 rings (SSSR count). The van der Waals surface area contributed by atoms with E-state index < -0.39 is 0 Å². The molecule has 146 valence electrons. The predicted octanol–water partition coefficient (Wildman–Crippen LogP) is 5.10. The Hall–Kier alpha value is -3.40. The minimum absolute atomic E-state index is 0.0323. The number of ether oxygens (including phenoxy) is 1. The second-order valence-electron chi connectivity index (χ2n) is 7.08. The standard InChI is InChI=1S/C25H24N2O2/c1-2-29-25(28)23-21(18-12-6-3-7-13-18)22(23)24(19-14-8-4-9-15-19)27-26-20-16-10-5-11-17-20/h3-17,21-23,26H,2H2,1H3/b27-24-. The number of para-hydroxylation sites is 1. The van der Waals surface area contributed by atoms with Gasteiger partial charge in [0.2, 0.25) is 0 Å². The lowest BCUT2D eigenvalue weighted by Crippen LogP contribution is -2.14. The second-order valence-corrected chi connectivity index (χ2v) is 7.08. The topological polar surface area (TPSA) is 50.7 Å². The molecule has 0 radical (unpaired) electrons. The number of anilines is 1. The van der Waals surface area contributed by atoms with Gasteiger partial charge in [0.05, 0.1) is 23.9 Å². The monoisotopic (exact) mass is 384 g/mol. The molecule has 0 bridgehead atoms. The highest BCUT2D eigenvalue weighted by molar-refractivity contribution is 6.08. The number of hydrogen-bond donors (Lipinski definition) is 1. The number of nitrogens with one attached hydrogen (secondary N) is 1. The lowest BCUT2D eigenvalue weighted by molar-refractivity contribution is -0.144. The average Bonchev–Trinajstić information content (AvgIpc) is 3.52. The Labute approximate surface area is 171 Å². The van der Waals surface area contributed by atoms with Gasteiger partial charge in [0, 0.05) is 11.8 Å². The summed E-state index contributed by atoms with van der Waals surface area (Å²) in [5, 5.41) is 4.75. The van der Waals surface area contributed by atoms with Gasteiger partial charge in [-0.15, -0.1) is 0 Å². The number of hydrazone groups is 1. The number of rotatable bonds is 7. The summed E-state index contributed by atoms with van der Waals surface area (Å²) in [5.74, 6) is -0.356. The summed E-state index contributed by atoms with van der Waals surface area (Å²) in [6, 6.07) is 30.0. The molecule has 1 saturated carbocycles. The van der Waals surface area contributed by atoms with Crippen molar-refractivity contribution < 1.29 is 9.53 Å². The van der Waals surface area contributed by atoms with Crippen molar-refractivity contribution in [1.29, 1.82) is 0 Å². The molecule has 0 aliphatic heterocycles. The first kappa shape index (κ1) is 18.9. The number of carbonyl (C=O) groups is 1. The lowest BCUT2D eigenvalue weighted by atomic mass is 10.0. The van der Waals surface area contributed by atoms with E-state index in [1.165, 1.54) is 0 Å². The molecular weight excluding hydrogens is 360 g/mol. The van der Waals surface area contributed by atoms with Crippen LogP contribution < -0.4 is 5.43 Å². The van der Waals surface area contributed by atoms with Gasteiger partial charge in [-0.05, 0) is 30.2 Å². The van der Waals surface area contributed by atoms with Crippen molar-refractivity contribution in [3.63, 3.8) is 0 Å². The molecule has 3 atom stereocenters. The van der Waals surface area contributed by atoms with Gasteiger partial charge in [-0.3, -0.25) is 10.2 Å². The van der Waals surface area contributed by atoms with Crippen molar-refractivity contribution in [2.24, 2.45) is 16.9 Å². The zero-order valence-electron chi connectivity index (χ0n) is 16.4. The molecule has 0 amide bonds. The first-order valence-electron chi connectivity index (χ1n) is 9.95. The summed E-state index contributed by atoms with van der Waals surface area (Å²) >= 11 is 0. The molecule has 3 unspecified atom stereocenters. The number of carbonyl (C=O) groups excluding carboxylic acids is 1. The molecule has 3 aromatic rings. The maximum atomic E-state index is 12.7. The van der Waals surface area contributed by atoms with Crippen LogP contribution in [0.5, 0.6) is 0 Å². The fourth-order valence-electron chi connectivity index (χ4n) is 3.85. The van der Waals surface area contributed by atoms with Crippen molar-refractivity contribution in [2.75, 3.05) is 12.0 Å². The molecule has 1 aliphatic carbocycles. The van der Waals surface area contributed by atoms with Crippen LogP contribution in [0.3, 0.4) is 0 Å². The highest BCUT2D eigenvalue weighted by atomic mass is 16.5. The van der Waals surface area contributed by atoms with E-state index >= 15 is 0 Å². The van der Waals surface area contributed by atoms with Crippen LogP contribution in [0.4, 0.5) is 5.69 Å². The van der Waals surface area contributed by atoms with Crippen LogP contribution in [0.25, 0.3) is 0 Å². The summed E-state index contributed by atoms with van der Waals surface area (Å²) in [7, 11) is 0. The fourth-order valence-corrected chi connectivity index (χ4v) is 3.85. The Balaban J connectivity index is 1.71. The van der Waals surface area contributed by atoms with Gasteiger partial charge in [0.25, 0.3) is 0 Å². The summed E-state index contributed by atoms with van der Waals surface area (Å²) < 4.78 is 5.38. The SMILES string of the molecule is CCOC(=O)C1C(/C(=N\Nc2ccccc2)c2ccccc2)C1c1ccccc1. The third kappa shape index (κ3) is 4.21. The molecule has 0 aromatic heterocycles. The third-order valence-electron chi connectivity index (χ3n) is 5.23. The lowest BCUT2D eigenvalue weighted by Gasteiger charge is -2.09. The molecule has 0 spiro atoms. The molecule has 29 heavy (non-hydrogen) atoms. The van der Waals surface area contributed by atoms with Gasteiger partial charge < -0.3 is 4.74 Å². The molecule has 0 heterocycles. The molecule has 0 saturated heterocycles. The maximum absolute atomic E-state index is 12.7. The number of nitrogens with zero attached hydrogens (tertiary/aromatic N) is 1. The molecule has 1 fully saturated rings. The zero-order valence-corrected chi connectivity index (χ0v) is 16.4. The Bertz CT molecular complexity index is 971. The van der Waals surface area contributed by atoms with E-state index in [9.17, 15) is 4.79 Å². The Morgan fingerprint density at radius 1 is 0.862 bits per heavy atom. The van der Waals surface area contributed by atoms with Gasteiger partial charge >= 0.3 is 5.97 Å². The molecular formula is C25H24N2O2. The van der Waals surface area contributed by atoms with Gasteiger partial charge in [0.1, 0.15) is 0 Å². The van der Waals surface area contributed by atoms with Crippen molar-refractivity contribution in [2.45, 2.75) is 12.8 Å². The van der Waals surface area contributed by atoms with Crippen LogP contribution in [-0.4, -0.2) is 18.3 Å². The zero-order chi connectivity index (χ0) is 20.1. The van der Waals surface area contributed by atoms with E-state index in [2.05, 4.69) is 17.6 Å². The van der Waals surface area contributed by atoms with Crippen molar-refractivity contribution in [3.05, 3.63) is 102 Å². The predicted molar refractivity (Wildman–Crippen MR) is 116 cm³/mol. The number of hydrogen-bond acceptors (Lipinski definition) is 4. The highest BCUT2D eigenvalue weighted by Crippen LogP contribution is 2.56. The molecule has 1 aliphatic rings. The molecule has 4 nitrogen and oxygen atoms in total. The smallest absolute Gasteiger partial charge is 0.310 e. The van der Waals surface area contributed by atoms with Gasteiger partial charge in [-0.1, -0.05) is 78.9 Å². The Morgan fingerprint density at radius 2 is 1.45 bits per heavy atom. The first-order valence-corrected chi connectivity index (χ1v) is 9.95. The summed E-state index contributed by atoms with van der Waals surface area (Å²) in [6.07, 6.45) is 0. The molecule has 3 aromatic carbocycles. The quantitative estimate of drug-likeness (QED) is 0.350. The highest BCUT2D eigenvalue weighted by Gasteiger charge is 2.59. The van der Waals surface area contributed by atoms with Crippen LogP contribution >= 0.6 is 0 Å². The van der Waals surface area contributed by atoms with Crippen LogP contribution in [0, 0.1) is 11.8 Å². The van der Waals surface area contributed by atoms with E-state index in [-0.39, 0.29) is 23.7 Å². The van der Waals surface area contributed by atoms with Crippen LogP contribution in [0.15, 0.2) is 96.1 Å². The summed E-state index contributed by atoms with van der Waals surface area (Å²) in [4.78, 5) is 12.7. The van der Waals surface area contributed by atoms with Crippen molar-refractivity contribution in [1.82, 2.24) is 0 Å². The Morgan fingerprint density at radius 3 is 2.07 bits per heavy atom. The van der Waals surface area contributed by atoms with E-state index in [0.717, 1.165) is 22.5 Å². The minimum Gasteiger partial charge on any atom is -0.466 e. The summed E-state index contributed by atoms with van der Waals surface area (Å²) in [5.41, 5.74) is 7.09. The van der Waals surface area contributed by atoms with Crippen LogP contribution in [0.1, 0.15) is 24.0 Å². The third-order valence-corrected chi connectivity index (χ3v) is 5.23. The van der Waals surface area contributed by atoms with Crippen LogP contribution in [0.2, 0.25) is 0 Å². The van der Waals surface area contributed by atoms with E-state index in [4.69, 9.17) is 9.84 Å². The van der Waals surface area contributed by atoms with E-state index in [1.54, 1.807) is 0 Å². The second kappa shape index (κ2) is 8.74.